The van der Waals surface area contributed by atoms with E-state index >= 15 is 0 Å². The molecule has 0 aromatic heterocycles. The summed E-state index contributed by atoms with van der Waals surface area (Å²) in [4.78, 5) is 0. The second-order valence-corrected chi connectivity index (χ2v) is 3.85. The van der Waals surface area contributed by atoms with Crippen LogP contribution in [0.1, 0.15) is 0 Å². The van der Waals surface area contributed by atoms with Gasteiger partial charge < -0.3 is 20.1 Å². The summed E-state index contributed by atoms with van der Waals surface area (Å²) in [5.41, 5.74) is 0. The lowest BCUT2D eigenvalue weighted by molar-refractivity contribution is -0.131. The zero-order valence-electron chi connectivity index (χ0n) is 6.85. The molecule has 1 unspecified atom stereocenters. The molecule has 84 valence electrons. The zero-order valence-corrected chi connectivity index (χ0v) is 7.66. The zero-order chi connectivity index (χ0) is 10.9. The van der Waals surface area contributed by atoms with Gasteiger partial charge >= 0.3 is 10.4 Å². The van der Waals surface area contributed by atoms with E-state index in [4.69, 9.17) is 19.9 Å². The Hall–Kier alpha value is -0.290. The molecule has 0 amide bonds. The minimum Gasteiger partial charge on any atom is -0.387 e. The lowest BCUT2D eigenvalue weighted by Gasteiger charge is -2.12. The van der Waals surface area contributed by atoms with Crippen LogP contribution >= 0.6 is 0 Å². The third kappa shape index (κ3) is 2.85. The number of rotatable bonds is 3. The second-order valence-electron chi connectivity index (χ2n) is 2.76. The summed E-state index contributed by atoms with van der Waals surface area (Å²) in [6, 6.07) is 0. The highest BCUT2D eigenvalue weighted by Gasteiger charge is 2.42. The monoisotopic (exact) mass is 230 g/mol. The van der Waals surface area contributed by atoms with Crippen molar-refractivity contribution in [2.24, 2.45) is 0 Å². The minimum atomic E-state index is -4.62. The van der Waals surface area contributed by atoms with E-state index in [1.165, 1.54) is 0 Å². The van der Waals surface area contributed by atoms with Gasteiger partial charge in [0, 0.05) is 0 Å². The second kappa shape index (κ2) is 4.06. The molecule has 1 saturated heterocycles. The first-order chi connectivity index (χ1) is 6.31. The Morgan fingerprint density at radius 3 is 2.14 bits per heavy atom. The molecule has 0 aromatic rings. The van der Waals surface area contributed by atoms with Crippen LogP contribution in [-0.2, 0) is 19.3 Å². The van der Waals surface area contributed by atoms with Crippen LogP contribution in [0.15, 0.2) is 0 Å². The third-order valence-electron chi connectivity index (χ3n) is 1.72. The molecular weight excluding hydrogens is 220 g/mol. The summed E-state index contributed by atoms with van der Waals surface area (Å²) < 4.78 is 36.9. The Kier molecular flexibility index (Phi) is 3.42. The van der Waals surface area contributed by atoms with Gasteiger partial charge in [0.05, 0.1) is 6.61 Å². The summed E-state index contributed by atoms with van der Waals surface area (Å²) in [6.07, 6.45) is -5.79. The predicted molar refractivity (Wildman–Crippen MR) is 40.4 cm³/mol. The van der Waals surface area contributed by atoms with Crippen LogP contribution in [0.5, 0.6) is 0 Å². The molecule has 1 rings (SSSR count). The average Bonchev–Trinajstić information content (AvgIpc) is 2.28. The van der Waals surface area contributed by atoms with Crippen LogP contribution < -0.4 is 0 Å². The molecule has 0 radical (unpaired) electrons. The van der Waals surface area contributed by atoms with E-state index in [0.717, 1.165) is 0 Å². The first-order valence-electron chi connectivity index (χ1n) is 3.63. The van der Waals surface area contributed by atoms with Gasteiger partial charge in [0.15, 0.2) is 6.29 Å². The highest BCUT2D eigenvalue weighted by Crippen LogP contribution is 2.19. The van der Waals surface area contributed by atoms with E-state index in [9.17, 15) is 8.42 Å². The number of aliphatic hydroxyl groups excluding tert-OH is 3. The molecule has 8 nitrogen and oxygen atoms in total. The molecule has 0 spiro atoms. The Morgan fingerprint density at radius 2 is 1.79 bits per heavy atom. The van der Waals surface area contributed by atoms with Crippen LogP contribution in [0.2, 0.25) is 0 Å². The van der Waals surface area contributed by atoms with E-state index < -0.39 is 41.6 Å². The highest BCUT2D eigenvalue weighted by atomic mass is 32.3. The molecule has 0 aromatic carbocycles. The van der Waals surface area contributed by atoms with Gasteiger partial charge in [-0.2, -0.15) is 8.42 Å². The number of aliphatic hydroxyl groups is 3. The van der Waals surface area contributed by atoms with E-state index in [1.807, 2.05) is 0 Å². The quantitative estimate of drug-likeness (QED) is 0.383. The molecule has 1 aliphatic heterocycles. The summed E-state index contributed by atoms with van der Waals surface area (Å²) >= 11 is 0. The van der Waals surface area contributed by atoms with Crippen molar-refractivity contribution >= 4 is 10.4 Å². The Bertz CT molecular complexity index is 286. The van der Waals surface area contributed by atoms with Crippen molar-refractivity contribution in [2.45, 2.75) is 24.6 Å². The Labute approximate surface area is 79.6 Å². The van der Waals surface area contributed by atoms with Gasteiger partial charge in [0.1, 0.15) is 18.3 Å². The third-order valence-corrected chi connectivity index (χ3v) is 2.15. The SMILES string of the molecule is O=S(=O)(O)OC[C@H]1OC(O)[C@H](O)[C@@H]1O. The van der Waals surface area contributed by atoms with Crippen LogP contribution in [-0.4, -0.2) is 59.5 Å². The van der Waals surface area contributed by atoms with Crippen molar-refractivity contribution in [2.75, 3.05) is 6.61 Å². The van der Waals surface area contributed by atoms with Crippen molar-refractivity contribution in [1.29, 1.82) is 0 Å². The molecule has 0 saturated carbocycles. The first kappa shape index (κ1) is 11.8. The van der Waals surface area contributed by atoms with Gasteiger partial charge in [-0.05, 0) is 0 Å². The van der Waals surface area contributed by atoms with E-state index in [1.54, 1.807) is 0 Å². The van der Waals surface area contributed by atoms with Crippen molar-refractivity contribution < 1.29 is 37.2 Å². The molecule has 1 heterocycles. The fourth-order valence-electron chi connectivity index (χ4n) is 1.02. The van der Waals surface area contributed by atoms with Crippen molar-refractivity contribution in [3.63, 3.8) is 0 Å². The largest absolute Gasteiger partial charge is 0.397 e. The molecule has 4 atom stereocenters. The standard InChI is InChI=1S/C5H10O8S/c6-3-2(1-12-14(9,10)11)13-5(8)4(3)7/h2-8H,1H2,(H,9,10,11)/t2-,3-,4-,5?/m1/s1. The normalized spacial score (nSPS) is 38.9. The lowest BCUT2D eigenvalue weighted by Crippen LogP contribution is -2.34. The maximum atomic E-state index is 10.1. The van der Waals surface area contributed by atoms with E-state index in [-0.39, 0.29) is 0 Å². The van der Waals surface area contributed by atoms with Gasteiger partial charge in [-0.15, -0.1) is 0 Å². The van der Waals surface area contributed by atoms with E-state index in [2.05, 4.69) is 8.92 Å². The van der Waals surface area contributed by atoms with Crippen LogP contribution in [0.4, 0.5) is 0 Å². The number of hydrogen-bond donors (Lipinski definition) is 4. The van der Waals surface area contributed by atoms with Gasteiger partial charge in [-0.25, -0.2) is 4.18 Å². The fourth-order valence-corrected chi connectivity index (χ4v) is 1.33. The number of ether oxygens (including phenoxy) is 1. The van der Waals surface area contributed by atoms with Gasteiger partial charge in [-0.1, -0.05) is 0 Å². The summed E-state index contributed by atoms with van der Waals surface area (Å²) in [6.45, 7) is -0.686. The van der Waals surface area contributed by atoms with Gasteiger partial charge in [-0.3, -0.25) is 4.55 Å². The van der Waals surface area contributed by atoms with Crippen LogP contribution in [0.25, 0.3) is 0 Å². The van der Waals surface area contributed by atoms with Gasteiger partial charge in [0.25, 0.3) is 0 Å². The van der Waals surface area contributed by atoms with Crippen molar-refractivity contribution in [3.05, 3.63) is 0 Å². The van der Waals surface area contributed by atoms with E-state index in [0.29, 0.717) is 0 Å². The molecule has 0 aliphatic carbocycles. The summed E-state index contributed by atoms with van der Waals surface area (Å²) in [5, 5.41) is 27.0. The number of hydrogen-bond acceptors (Lipinski definition) is 7. The topological polar surface area (TPSA) is 134 Å². The molecule has 14 heavy (non-hydrogen) atoms. The molecule has 0 bridgehead atoms. The fraction of sp³-hybridized carbons (Fsp3) is 1.00. The molecule has 1 fully saturated rings. The molecule has 4 N–H and O–H groups in total. The average molecular weight is 230 g/mol. The van der Waals surface area contributed by atoms with Crippen LogP contribution in [0, 0.1) is 0 Å². The smallest absolute Gasteiger partial charge is 0.387 e. The molecule has 1 aliphatic rings. The highest BCUT2D eigenvalue weighted by molar-refractivity contribution is 7.80. The van der Waals surface area contributed by atoms with Gasteiger partial charge in [0.2, 0.25) is 0 Å². The Morgan fingerprint density at radius 1 is 1.21 bits per heavy atom. The maximum absolute atomic E-state index is 10.1. The van der Waals surface area contributed by atoms with Crippen LogP contribution in [0.3, 0.4) is 0 Å². The first-order valence-corrected chi connectivity index (χ1v) is 4.99. The van der Waals surface area contributed by atoms with Crippen molar-refractivity contribution in [1.82, 2.24) is 0 Å². The predicted octanol–water partition coefficient (Wildman–Crippen LogP) is -2.76. The Balaban J connectivity index is 2.48. The molecule has 9 heteroatoms. The lowest BCUT2D eigenvalue weighted by atomic mass is 10.1. The minimum absolute atomic E-state index is 0.686. The van der Waals surface area contributed by atoms with Crippen molar-refractivity contribution in [3.8, 4) is 0 Å². The summed E-state index contributed by atoms with van der Waals surface area (Å²) in [5.74, 6) is 0. The molecular formula is C5H10O8S. The maximum Gasteiger partial charge on any atom is 0.397 e. The summed E-state index contributed by atoms with van der Waals surface area (Å²) in [7, 11) is -4.62.